The van der Waals surface area contributed by atoms with E-state index in [2.05, 4.69) is 11.7 Å². The van der Waals surface area contributed by atoms with Crippen LogP contribution in [0.15, 0.2) is 26.6 Å². The van der Waals surface area contributed by atoms with Crippen molar-refractivity contribution in [3.8, 4) is 0 Å². The van der Waals surface area contributed by atoms with Gasteiger partial charge in [-0.1, -0.05) is 47.0 Å². The minimum atomic E-state index is 1.27. The molecule has 0 N–H and O–H groups in total. The Labute approximate surface area is 125 Å². The molecule has 0 amide bonds. The topological polar surface area (TPSA) is 0 Å². The van der Waals surface area contributed by atoms with Crippen molar-refractivity contribution in [1.29, 1.82) is 0 Å². The first-order valence-corrected chi connectivity index (χ1v) is 11.1. The molecule has 0 spiro atoms. The van der Waals surface area contributed by atoms with Gasteiger partial charge in [-0.05, 0) is 11.7 Å². The Hall–Kier alpha value is 1.67. The molecule has 0 saturated carbocycles. The normalized spacial score (nSPS) is 25.2. The van der Waals surface area contributed by atoms with Crippen LogP contribution in [0.1, 0.15) is 0 Å². The molecule has 86 valence electrons. The fourth-order valence-electron chi connectivity index (χ4n) is 1.22. The Morgan fingerprint density at radius 1 is 0.938 bits per heavy atom. The Kier molecular flexibility index (Phi) is 4.56. The standard InChI is InChI=1S/C9H8S7/c1-10-5-4-13-8(14-5)9-15-6-7(16-9)12-3-2-11-6/h4H,2-3H2,1H3. The summed E-state index contributed by atoms with van der Waals surface area (Å²) in [5.41, 5.74) is 0. The van der Waals surface area contributed by atoms with E-state index in [0.717, 1.165) is 0 Å². The van der Waals surface area contributed by atoms with Crippen molar-refractivity contribution in [2.45, 2.75) is 0 Å². The molecule has 0 aliphatic carbocycles. The van der Waals surface area contributed by atoms with Crippen LogP contribution in [0.2, 0.25) is 0 Å². The second kappa shape index (κ2) is 5.75. The zero-order chi connectivity index (χ0) is 11.0. The van der Waals surface area contributed by atoms with E-state index < -0.39 is 0 Å². The molecule has 0 saturated heterocycles. The summed E-state index contributed by atoms with van der Waals surface area (Å²) in [6.07, 6.45) is 2.15. The highest BCUT2D eigenvalue weighted by atomic mass is 32.3. The van der Waals surface area contributed by atoms with Gasteiger partial charge in [0.1, 0.15) is 0 Å². The second-order valence-electron chi connectivity index (χ2n) is 2.91. The van der Waals surface area contributed by atoms with Crippen molar-refractivity contribution < 1.29 is 0 Å². The van der Waals surface area contributed by atoms with Crippen LogP contribution in [0.25, 0.3) is 0 Å². The quantitative estimate of drug-likeness (QED) is 0.580. The van der Waals surface area contributed by atoms with Crippen LogP contribution in [0.5, 0.6) is 0 Å². The van der Waals surface area contributed by atoms with Crippen molar-refractivity contribution in [2.24, 2.45) is 0 Å². The van der Waals surface area contributed by atoms with Gasteiger partial charge in [0.15, 0.2) is 0 Å². The number of rotatable bonds is 1. The van der Waals surface area contributed by atoms with Gasteiger partial charge in [0.2, 0.25) is 0 Å². The molecule has 0 aromatic heterocycles. The minimum absolute atomic E-state index is 1.27. The van der Waals surface area contributed by atoms with Gasteiger partial charge in [0.25, 0.3) is 0 Å². The number of thioether (sulfide) groups is 7. The summed E-state index contributed by atoms with van der Waals surface area (Å²) in [6, 6.07) is 0. The summed E-state index contributed by atoms with van der Waals surface area (Å²) in [5, 5.41) is 2.27. The van der Waals surface area contributed by atoms with E-state index in [9.17, 15) is 0 Å². The SMILES string of the molecule is CSC1=CSC(=C2SC3=C(SCCS3)S2)S1. The number of hydrogen-bond donors (Lipinski definition) is 0. The van der Waals surface area contributed by atoms with E-state index in [1.165, 1.54) is 24.2 Å². The predicted octanol–water partition coefficient (Wildman–Crippen LogP) is 5.84. The summed E-state index contributed by atoms with van der Waals surface area (Å²) in [7, 11) is 0. The molecule has 16 heavy (non-hydrogen) atoms. The van der Waals surface area contributed by atoms with E-state index in [-0.39, 0.29) is 0 Å². The zero-order valence-electron chi connectivity index (χ0n) is 8.35. The van der Waals surface area contributed by atoms with Gasteiger partial charge in [-0.25, -0.2) is 0 Å². The molecule has 3 aliphatic rings. The Morgan fingerprint density at radius 3 is 2.19 bits per heavy atom. The summed E-state index contributed by atoms with van der Waals surface area (Å²) in [5.74, 6) is 2.54. The molecule has 0 nitrogen and oxygen atoms in total. The van der Waals surface area contributed by atoms with E-state index in [1.54, 1.807) is 8.47 Å². The van der Waals surface area contributed by atoms with Crippen LogP contribution in [0.4, 0.5) is 0 Å². The maximum absolute atomic E-state index is 2.27. The summed E-state index contributed by atoms with van der Waals surface area (Å²) >= 11 is 13.7. The lowest BCUT2D eigenvalue weighted by Gasteiger charge is -2.08. The Balaban J connectivity index is 1.74. The van der Waals surface area contributed by atoms with Gasteiger partial charge in [-0.15, -0.1) is 35.3 Å². The van der Waals surface area contributed by atoms with Gasteiger partial charge < -0.3 is 0 Å². The third-order valence-electron chi connectivity index (χ3n) is 1.91. The average molecular weight is 341 g/mol. The molecule has 0 atom stereocenters. The first-order chi connectivity index (χ1) is 7.86. The van der Waals surface area contributed by atoms with Crippen molar-refractivity contribution in [2.75, 3.05) is 17.8 Å². The highest BCUT2D eigenvalue weighted by Gasteiger charge is 2.28. The monoisotopic (exact) mass is 340 g/mol. The molecule has 3 heterocycles. The molecule has 0 aromatic carbocycles. The first-order valence-electron chi connectivity index (χ1n) is 4.55. The third-order valence-corrected chi connectivity index (χ3v) is 11.8. The fourth-order valence-corrected chi connectivity index (χ4v) is 10.6. The maximum Gasteiger partial charge on any atom is 0.0717 e. The first kappa shape index (κ1) is 12.7. The summed E-state index contributed by atoms with van der Waals surface area (Å²) in [6.45, 7) is 0. The lowest BCUT2D eigenvalue weighted by molar-refractivity contribution is 1.56. The molecule has 0 unspecified atom stereocenters. The number of hydrogen-bond acceptors (Lipinski definition) is 7. The maximum atomic E-state index is 2.27. The predicted molar refractivity (Wildman–Crippen MR) is 90.9 cm³/mol. The Morgan fingerprint density at radius 2 is 1.62 bits per heavy atom. The van der Waals surface area contributed by atoms with E-state index in [1.807, 2.05) is 82.3 Å². The average Bonchev–Trinajstić information content (AvgIpc) is 2.95. The fraction of sp³-hybridized carbons (Fsp3) is 0.333. The molecule has 0 aromatic rings. The minimum Gasteiger partial charge on any atom is -0.122 e. The molecule has 0 fully saturated rings. The van der Waals surface area contributed by atoms with E-state index in [0.29, 0.717) is 0 Å². The Bertz CT molecular complexity index is 386. The largest absolute Gasteiger partial charge is 0.122 e. The lowest BCUT2D eigenvalue weighted by Crippen LogP contribution is -1.88. The smallest absolute Gasteiger partial charge is 0.0717 e. The van der Waals surface area contributed by atoms with E-state index in [4.69, 9.17) is 0 Å². The van der Waals surface area contributed by atoms with Crippen LogP contribution < -0.4 is 0 Å². The van der Waals surface area contributed by atoms with Crippen molar-refractivity contribution >= 4 is 82.3 Å². The zero-order valence-corrected chi connectivity index (χ0v) is 14.1. The second-order valence-corrected chi connectivity index (χ2v) is 11.2. The van der Waals surface area contributed by atoms with Gasteiger partial charge >= 0.3 is 0 Å². The molecule has 7 heteroatoms. The van der Waals surface area contributed by atoms with Crippen LogP contribution in [-0.2, 0) is 0 Å². The molecular weight excluding hydrogens is 333 g/mol. The molecule has 3 rings (SSSR count). The lowest BCUT2D eigenvalue weighted by atomic mass is 11.0. The van der Waals surface area contributed by atoms with Gasteiger partial charge in [0.05, 0.1) is 21.2 Å². The molecule has 3 aliphatic heterocycles. The van der Waals surface area contributed by atoms with Crippen molar-refractivity contribution in [3.63, 3.8) is 0 Å². The molecular formula is C9H8S7. The van der Waals surface area contributed by atoms with Crippen LogP contribution in [-0.4, -0.2) is 17.8 Å². The van der Waals surface area contributed by atoms with Crippen LogP contribution >= 0.6 is 82.3 Å². The van der Waals surface area contributed by atoms with E-state index >= 15 is 0 Å². The van der Waals surface area contributed by atoms with Crippen LogP contribution in [0.3, 0.4) is 0 Å². The summed E-state index contributed by atoms with van der Waals surface area (Å²) < 4.78 is 7.50. The highest BCUT2D eigenvalue weighted by Crippen LogP contribution is 2.64. The third kappa shape index (κ3) is 2.65. The summed E-state index contributed by atoms with van der Waals surface area (Å²) in [4.78, 5) is 0. The van der Waals surface area contributed by atoms with Gasteiger partial charge in [-0.3, -0.25) is 0 Å². The molecule has 0 bridgehead atoms. The van der Waals surface area contributed by atoms with Crippen molar-refractivity contribution in [1.82, 2.24) is 0 Å². The molecule has 0 radical (unpaired) electrons. The van der Waals surface area contributed by atoms with Crippen LogP contribution in [0, 0.1) is 0 Å². The van der Waals surface area contributed by atoms with Gasteiger partial charge in [-0.2, -0.15) is 0 Å². The van der Waals surface area contributed by atoms with Gasteiger partial charge in [0, 0.05) is 11.5 Å². The highest BCUT2D eigenvalue weighted by molar-refractivity contribution is 8.43. The van der Waals surface area contributed by atoms with Crippen molar-refractivity contribution in [3.05, 3.63) is 26.6 Å².